The molecule has 1 amide bonds. The lowest BCUT2D eigenvalue weighted by atomic mass is 10.3. The Morgan fingerprint density at radius 2 is 2.12 bits per heavy atom. The van der Waals surface area contributed by atoms with E-state index in [4.69, 9.17) is 9.47 Å². The number of benzene rings is 1. The second kappa shape index (κ2) is 6.50. The van der Waals surface area contributed by atoms with Crippen LogP contribution in [0.5, 0.6) is 11.5 Å². The molecule has 4 nitrogen and oxygen atoms in total. The Kier molecular flexibility index (Phi) is 4.92. The predicted molar refractivity (Wildman–Crippen MR) is 61.7 cm³/mol. The highest BCUT2D eigenvalue weighted by Gasteiger charge is 2.01. The van der Waals surface area contributed by atoms with Gasteiger partial charge in [0.05, 0.1) is 13.7 Å². The number of hydrogen-bond donors (Lipinski definition) is 1. The fourth-order valence-electron chi connectivity index (χ4n) is 1.15. The smallest absolute Gasteiger partial charge is 0.243 e. The fraction of sp³-hybridized carbons (Fsp3) is 0.250. The van der Waals surface area contributed by atoms with Crippen LogP contribution >= 0.6 is 0 Å². The summed E-state index contributed by atoms with van der Waals surface area (Å²) in [7, 11) is 1.59. The maximum atomic E-state index is 10.8. The van der Waals surface area contributed by atoms with Gasteiger partial charge in [-0.15, -0.1) is 0 Å². The van der Waals surface area contributed by atoms with Gasteiger partial charge in [-0.2, -0.15) is 0 Å². The van der Waals surface area contributed by atoms with Crippen LogP contribution in [0.1, 0.15) is 0 Å². The Balaban J connectivity index is 2.37. The van der Waals surface area contributed by atoms with Crippen molar-refractivity contribution in [3.05, 3.63) is 36.9 Å². The van der Waals surface area contributed by atoms with Gasteiger partial charge in [-0.25, -0.2) is 0 Å². The molecule has 0 atom stereocenters. The van der Waals surface area contributed by atoms with Crippen molar-refractivity contribution < 1.29 is 14.3 Å². The summed E-state index contributed by atoms with van der Waals surface area (Å²) in [6.07, 6.45) is 1.23. The summed E-state index contributed by atoms with van der Waals surface area (Å²) in [5.74, 6) is 1.14. The Labute approximate surface area is 94.9 Å². The molecule has 0 aliphatic heterocycles. The molecule has 0 fully saturated rings. The molecule has 0 aliphatic carbocycles. The second-order valence-corrected chi connectivity index (χ2v) is 2.99. The lowest BCUT2D eigenvalue weighted by Gasteiger charge is -2.10. The first-order valence-electron chi connectivity index (χ1n) is 4.94. The monoisotopic (exact) mass is 221 g/mol. The first-order chi connectivity index (χ1) is 7.77. The Hall–Kier alpha value is -1.97. The van der Waals surface area contributed by atoms with Gasteiger partial charge in [0.1, 0.15) is 6.61 Å². The number of para-hydroxylation sites is 2. The van der Waals surface area contributed by atoms with Gasteiger partial charge in [0.2, 0.25) is 5.91 Å². The van der Waals surface area contributed by atoms with Crippen molar-refractivity contribution in [1.82, 2.24) is 5.32 Å². The minimum atomic E-state index is -0.205. The summed E-state index contributed by atoms with van der Waals surface area (Å²) in [6.45, 7) is 4.17. The summed E-state index contributed by atoms with van der Waals surface area (Å²) >= 11 is 0. The van der Waals surface area contributed by atoms with E-state index >= 15 is 0 Å². The third-order valence-electron chi connectivity index (χ3n) is 1.91. The molecular weight excluding hydrogens is 206 g/mol. The molecule has 1 aromatic carbocycles. The lowest BCUT2D eigenvalue weighted by molar-refractivity contribution is -0.116. The zero-order valence-electron chi connectivity index (χ0n) is 9.23. The molecule has 0 bridgehead atoms. The molecule has 16 heavy (non-hydrogen) atoms. The zero-order chi connectivity index (χ0) is 11.8. The number of nitrogens with one attached hydrogen (secondary N) is 1. The van der Waals surface area contributed by atoms with Crippen molar-refractivity contribution in [3.63, 3.8) is 0 Å². The quantitative estimate of drug-likeness (QED) is 0.583. The number of ether oxygens (including phenoxy) is 2. The van der Waals surface area contributed by atoms with E-state index in [0.29, 0.717) is 24.7 Å². The molecule has 86 valence electrons. The van der Waals surface area contributed by atoms with Gasteiger partial charge in [0, 0.05) is 0 Å². The standard InChI is InChI=1S/C12H15NO3/c1-3-12(14)13-8-9-16-11-7-5-4-6-10(11)15-2/h3-7H,1,8-9H2,2H3,(H,13,14). The normalized spacial score (nSPS) is 9.31. The van der Waals surface area contributed by atoms with Gasteiger partial charge in [-0.05, 0) is 18.2 Å². The molecule has 0 aromatic heterocycles. The Bertz CT molecular complexity index is 363. The van der Waals surface area contributed by atoms with Crippen LogP contribution in [0.4, 0.5) is 0 Å². The van der Waals surface area contributed by atoms with E-state index in [2.05, 4.69) is 11.9 Å². The number of carbonyl (C=O) groups is 1. The average Bonchev–Trinajstić information content (AvgIpc) is 2.34. The Morgan fingerprint density at radius 1 is 1.44 bits per heavy atom. The van der Waals surface area contributed by atoms with Crippen LogP contribution in [0.15, 0.2) is 36.9 Å². The topological polar surface area (TPSA) is 47.6 Å². The first-order valence-corrected chi connectivity index (χ1v) is 4.94. The molecule has 0 spiro atoms. The van der Waals surface area contributed by atoms with Crippen molar-refractivity contribution in [2.24, 2.45) is 0 Å². The maximum absolute atomic E-state index is 10.8. The van der Waals surface area contributed by atoms with E-state index in [0.717, 1.165) is 0 Å². The van der Waals surface area contributed by atoms with Gasteiger partial charge in [-0.1, -0.05) is 18.7 Å². The van der Waals surface area contributed by atoms with Crippen LogP contribution in [0.2, 0.25) is 0 Å². The molecular formula is C12H15NO3. The van der Waals surface area contributed by atoms with Crippen molar-refractivity contribution in [2.75, 3.05) is 20.3 Å². The number of carbonyl (C=O) groups excluding carboxylic acids is 1. The lowest BCUT2D eigenvalue weighted by Crippen LogP contribution is -2.26. The molecule has 1 rings (SSSR count). The summed E-state index contributed by atoms with van der Waals surface area (Å²) in [5.41, 5.74) is 0. The molecule has 1 N–H and O–H groups in total. The van der Waals surface area contributed by atoms with E-state index < -0.39 is 0 Å². The summed E-state index contributed by atoms with van der Waals surface area (Å²) in [4.78, 5) is 10.8. The van der Waals surface area contributed by atoms with E-state index in [1.807, 2.05) is 24.3 Å². The third-order valence-corrected chi connectivity index (χ3v) is 1.91. The van der Waals surface area contributed by atoms with E-state index in [-0.39, 0.29) is 5.91 Å². The predicted octanol–water partition coefficient (Wildman–Crippen LogP) is 1.38. The number of hydrogen-bond acceptors (Lipinski definition) is 3. The molecule has 4 heteroatoms. The van der Waals surface area contributed by atoms with Crippen molar-refractivity contribution >= 4 is 5.91 Å². The third kappa shape index (κ3) is 3.65. The second-order valence-electron chi connectivity index (χ2n) is 2.99. The van der Waals surface area contributed by atoms with Crippen LogP contribution < -0.4 is 14.8 Å². The number of rotatable bonds is 6. The fourth-order valence-corrected chi connectivity index (χ4v) is 1.15. The average molecular weight is 221 g/mol. The zero-order valence-corrected chi connectivity index (χ0v) is 9.23. The highest BCUT2D eigenvalue weighted by Crippen LogP contribution is 2.25. The molecule has 0 aliphatic rings. The van der Waals surface area contributed by atoms with E-state index in [1.54, 1.807) is 7.11 Å². The van der Waals surface area contributed by atoms with Gasteiger partial charge in [0.25, 0.3) is 0 Å². The SMILES string of the molecule is C=CC(=O)NCCOc1ccccc1OC. The minimum Gasteiger partial charge on any atom is -0.493 e. The summed E-state index contributed by atoms with van der Waals surface area (Å²) < 4.78 is 10.6. The molecule has 0 saturated heterocycles. The molecule has 0 saturated carbocycles. The highest BCUT2D eigenvalue weighted by atomic mass is 16.5. The molecule has 0 unspecified atom stereocenters. The largest absolute Gasteiger partial charge is 0.493 e. The van der Waals surface area contributed by atoms with Crippen LogP contribution in [-0.4, -0.2) is 26.2 Å². The van der Waals surface area contributed by atoms with Gasteiger partial charge >= 0.3 is 0 Å². The van der Waals surface area contributed by atoms with E-state index in [9.17, 15) is 4.79 Å². The summed E-state index contributed by atoms with van der Waals surface area (Å²) in [5, 5.41) is 2.62. The van der Waals surface area contributed by atoms with Crippen molar-refractivity contribution in [2.45, 2.75) is 0 Å². The van der Waals surface area contributed by atoms with Crippen LogP contribution in [0.3, 0.4) is 0 Å². The van der Waals surface area contributed by atoms with Gasteiger partial charge in [0.15, 0.2) is 11.5 Å². The Morgan fingerprint density at radius 3 is 2.75 bits per heavy atom. The van der Waals surface area contributed by atoms with Crippen LogP contribution in [0.25, 0.3) is 0 Å². The molecule has 0 heterocycles. The maximum Gasteiger partial charge on any atom is 0.243 e. The highest BCUT2D eigenvalue weighted by molar-refractivity contribution is 5.86. The summed E-state index contributed by atoms with van der Waals surface area (Å²) in [6, 6.07) is 7.36. The number of amides is 1. The van der Waals surface area contributed by atoms with Gasteiger partial charge in [-0.3, -0.25) is 4.79 Å². The van der Waals surface area contributed by atoms with Crippen LogP contribution in [0, 0.1) is 0 Å². The number of methoxy groups -OCH3 is 1. The molecule has 1 aromatic rings. The van der Waals surface area contributed by atoms with Crippen molar-refractivity contribution in [3.8, 4) is 11.5 Å². The van der Waals surface area contributed by atoms with Crippen molar-refractivity contribution in [1.29, 1.82) is 0 Å². The van der Waals surface area contributed by atoms with Gasteiger partial charge < -0.3 is 14.8 Å². The van der Waals surface area contributed by atoms with E-state index in [1.165, 1.54) is 6.08 Å². The first kappa shape index (κ1) is 12.1. The van der Waals surface area contributed by atoms with Crippen LogP contribution in [-0.2, 0) is 4.79 Å². The molecule has 0 radical (unpaired) electrons. The minimum absolute atomic E-state index is 0.205.